The number of hydrogen-bond acceptors (Lipinski definition) is 3. The molecule has 4 nitrogen and oxygen atoms in total. The first-order valence-corrected chi connectivity index (χ1v) is 7.50. The fourth-order valence-electron chi connectivity index (χ4n) is 2.63. The Balaban J connectivity index is 1.91. The summed E-state index contributed by atoms with van der Waals surface area (Å²) in [5.41, 5.74) is 8.06. The molecule has 1 heterocycles. The first kappa shape index (κ1) is 14.9. The molecule has 0 aromatic heterocycles. The van der Waals surface area contributed by atoms with Crippen molar-refractivity contribution in [2.45, 2.75) is 38.6 Å². The van der Waals surface area contributed by atoms with Crippen LogP contribution in [0, 0.1) is 6.92 Å². The lowest BCUT2D eigenvalue weighted by Crippen LogP contribution is -2.40. The van der Waals surface area contributed by atoms with E-state index in [4.69, 9.17) is 5.73 Å². The van der Waals surface area contributed by atoms with Gasteiger partial charge in [-0.05, 0) is 37.8 Å². The second-order valence-electron chi connectivity index (χ2n) is 5.54. The van der Waals surface area contributed by atoms with Gasteiger partial charge in [0.15, 0.2) is 0 Å². The average Bonchev–Trinajstić information content (AvgIpc) is 2.49. The first-order chi connectivity index (χ1) is 9.70. The largest absolute Gasteiger partial charge is 0.380 e. The van der Waals surface area contributed by atoms with E-state index < -0.39 is 0 Å². The number of carbonyl (C=O) groups is 1. The number of para-hydroxylation sites is 1. The molecule has 0 bridgehead atoms. The molecular weight excluding hydrogens is 250 g/mol. The minimum atomic E-state index is 0.00512. The van der Waals surface area contributed by atoms with Crippen LogP contribution in [0.5, 0.6) is 0 Å². The lowest BCUT2D eigenvalue weighted by molar-refractivity contribution is -0.132. The molecule has 1 unspecified atom stereocenters. The summed E-state index contributed by atoms with van der Waals surface area (Å²) in [7, 11) is 0. The van der Waals surface area contributed by atoms with Crippen molar-refractivity contribution in [3.63, 3.8) is 0 Å². The van der Waals surface area contributed by atoms with Gasteiger partial charge < -0.3 is 16.0 Å². The first-order valence-electron chi connectivity index (χ1n) is 7.50. The number of likely N-dealkylation sites (tertiary alicyclic amines) is 1. The predicted octanol–water partition coefficient (Wildman–Crippen LogP) is 2.14. The fraction of sp³-hybridized carbons (Fsp3) is 0.562. The molecule has 1 atom stereocenters. The summed E-state index contributed by atoms with van der Waals surface area (Å²) >= 11 is 0. The summed E-state index contributed by atoms with van der Waals surface area (Å²) < 4.78 is 0. The Hall–Kier alpha value is -1.55. The number of piperidine rings is 1. The molecule has 3 N–H and O–H groups in total. The Morgan fingerprint density at radius 2 is 2.00 bits per heavy atom. The Labute approximate surface area is 121 Å². The van der Waals surface area contributed by atoms with Crippen molar-refractivity contribution in [2.24, 2.45) is 5.73 Å². The van der Waals surface area contributed by atoms with Crippen molar-refractivity contribution < 1.29 is 4.79 Å². The van der Waals surface area contributed by atoms with E-state index in [9.17, 15) is 4.79 Å². The minimum Gasteiger partial charge on any atom is -0.380 e. The van der Waals surface area contributed by atoms with Gasteiger partial charge in [0.25, 0.3) is 0 Å². The van der Waals surface area contributed by atoms with E-state index in [2.05, 4.69) is 18.3 Å². The molecule has 1 aromatic carbocycles. The highest BCUT2D eigenvalue weighted by Gasteiger charge is 2.20. The molecule has 20 heavy (non-hydrogen) atoms. The third kappa shape index (κ3) is 3.97. The molecule has 1 aromatic rings. The molecule has 0 aliphatic carbocycles. The number of nitrogens with two attached hydrogens (primary N) is 1. The maximum absolute atomic E-state index is 12.3. The number of anilines is 1. The number of benzene rings is 1. The van der Waals surface area contributed by atoms with E-state index in [-0.39, 0.29) is 11.9 Å². The van der Waals surface area contributed by atoms with Crippen LogP contribution in [0.4, 0.5) is 5.69 Å². The highest BCUT2D eigenvalue weighted by Crippen LogP contribution is 2.16. The molecule has 110 valence electrons. The topological polar surface area (TPSA) is 58.4 Å². The average molecular weight is 275 g/mol. The van der Waals surface area contributed by atoms with Crippen LogP contribution in [0.25, 0.3) is 0 Å². The van der Waals surface area contributed by atoms with Gasteiger partial charge in [-0.15, -0.1) is 0 Å². The fourth-order valence-corrected chi connectivity index (χ4v) is 2.63. The maximum Gasteiger partial charge on any atom is 0.224 e. The second kappa shape index (κ2) is 7.29. The van der Waals surface area contributed by atoms with Crippen LogP contribution in [-0.2, 0) is 4.79 Å². The van der Waals surface area contributed by atoms with Gasteiger partial charge in [0.05, 0.1) is 0 Å². The number of carbonyl (C=O) groups excluding carboxylic acids is 1. The van der Waals surface area contributed by atoms with E-state index in [1.165, 1.54) is 12.0 Å². The molecule has 1 saturated heterocycles. The van der Waals surface area contributed by atoms with Crippen LogP contribution in [0.15, 0.2) is 24.3 Å². The number of amides is 1. The van der Waals surface area contributed by atoms with E-state index in [1.54, 1.807) is 0 Å². The summed E-state index contributed by atoms with van der Waals surface area (Å²) in [5.74, 6) is 0.223. The van der Waals surface area contributed by atoms with Crippen LogP contribution in [0.2, 0.25) is 0 Å². The quantitative estimate of drug-likeness (QED) is 0.865. The zero-order valence-electron chi connectivity index (χ0n) is 12.3. The molecule has 1 fully saturated rings. The summed E-state index contributed by atoms with van der Waals surface area (Å²) in [6.07, 6.45) is 3.98. The Morgan fingerprint density at radius 1 is 1.30 bits per heavy atom. The zero-order chi connectivity index (χ0) is 14.4. The minimum absolute atomic E-state index is 0.00512. The second-order valence-corrected chi connectivity index (χ2v) is 5.54. The number of aryl methyl sites for hydroxylation is 1. The van der Waals surface area contributed by atoms with Gasteiger partial charge in [0.2, 0.25) is 5.91 Å². The third-order valence-electron chi connectivity index (χ3n) is 3.92. The van der Waals surface area contributed by atoms with Gasteiger partial charge >= 0.3 is 0 Å². The molecule has 2 rings (SSSR count). The van der Waals surface area contributed by atoms with Gasteiger partial charge in [-0.1, -0.05) is 18.2 Å². The monoisotopic (exact) mass is 275 g/mol. The molecule has 1 amide bonds. The van der Waals surface area contributed by atoms with Gasteiger partial charge in [-0.25, -0.2) is 0 Å². The van der Waals surface area contributed by atoms with Crippen molar-refractivity contribution in [1.29, 1.82) is 0 Å². The number of hydrogen-bond donors (Lipinski definition) is 2. The highest BCUT2D eigenvalue weighted by molar-refractivity contribution is 5.77. The normalized spacial score (nSPS) is 16.8. The summed E-state index contributed by atoms with van der Waals surface area (Å²) in [6, 6.07) is 8.10. The standard InChI is InChI=1S/C16H25N3O/c1-13-7-3-4-8-15(13)18-14(12-17)11-16(20)19-9-5-2-6-10-19/h3-4,7-8,14,18H,2,5-6,9-12,17H2,1H3. The Morgan fingerprint density at radius 3 is 2.65 bits per heavy atom. The van der Waals surface area contributed by atoms with Crippen molar-refractivity contribution in [3.8, 4) is 0 Å². The highest BCUT2D eigenvalue weighted by atomic mass is 16.2. The predicted molar refractivity (Wildman–Crippen MR) is 82.7 cm³/mol. The van der Waals surface area contributed by atoms with Crippen LogP contribution in [0.1, 0.15) is 31.2 Å². The Bertz CT molecular complexity index is 441. The molecule has 0 radical (unpaired) electrons. The zero-order valence-corrected chi connectivity index (χ0v) is 12.3. The lowest BCUT2D eigenvalue weighted by atomic mass is 10.1. The maximum atomic E-state index is 12.3. The van der Waals surface area contributed by atoms with Crippen LogP contribution in [0.3, 0.4) is 0 Å². The lowest BCUT2D eigenvalue weighted by Gasteiger charge is -2.29. The van der Waals surface area contributed by atoms with Crippen LogP contribution >= 0.6 is 0 Å². The number of rotatable bonds is 5. The van der Waals surface area contributed by atoms with E-state index in [0.29, 0.717) is 13.0 Å². The SMILES string of the molecule is Cc1ccccc1NC(CN)CC(=O)N1CCCCC1. The molecule has 1 aliphatic heterocycles. The molecule has 0 spiro atoms. The molecule has 1 aliphatic rings. The van der Waals surface area contributed by atoms with Crippen molar-refractivity contribution in [2.75, 3.05) is 25.0 Å². The number of nitrogens with one attached hydrogen (secondary N) is 1. The van der Waals surface area contributed by atoms with Gasteiger partial charge in [-0.3, -0.25) is 4.79 Å². The molecular formula is C16H25N3O. The smallest absolute Gasteiger partial charge is 0.224 e. The van der Waals surface area contributed by atoms with Crippen LogP contribution < -0.4 is 11.1 Å². The van der Waals surface area contributed by atoms with Crippen LogP contribution in [-0.4, -0.2) is 36.5 Å². The van der Waals surface area contributed by atoms with E-state index >= 15 is 0 Å². The van der Waals surface area contributed by atoms with Crippen molar-refractivity contribution in [1.82, 2.24) is 4.90 Å². The summed E-state index contributed by atoms with van der Waals surface area (Å²) in [5, 5.41) is 3.39. The molecule has 4 heteroatoms. The van der Waals surface area contributed by atoms with Crippen molar-refractivity contribution >= 4 is 11.6 Å². The summed E-state index contributed by atoms with van der Waals surface area (Å²) in [6.45, 7) is 4.33. The molecule has 0 saturated carbocycles. The summed E-state index contributed by atoms with van der Waals surface area (Å²) in [4.78, 5) is 14.3. The number of nitrogens with zero attached hydrogens (tertiary/aromatic N) is 1. The van der Waals surface area contributed by atoms with Crippen molar-refractivity contribution in [3.05, 3.63) is 29.8 Å². The third-order valence-corrected chi connectivity index (χ3v) is 3.92. The van der Waals surface area contributed by atoms with E-state index in [0.717, 1.165) is 31.6 Å². The van der Waals surface area contributed by atoms with Gasteiger partial charge in [0, 0.05) is 37.8 Å². The van der Waals surface area contributed by atoms with E-state index in [1.807, 2.05) is 23.1 Å². The van der Waals surface area contributed by atoms with Gasteiger partial charge in [0.1, 0.15) is 0 Å². The van der Waals surface area contributed by atoms with Gasteiger partial charge in [-0.2, -0.15) is 0 Å². The Kier molecular flexibility index (Phi) is 5.41.